The van der Waals surface area contributed by atoms with Crippen LogP contribution in [0.15, 0.2) is 36.4 Å². The van der Waals surface area contributed by atoms with Gasteiger partial charge in [-0.1, -0.05) is 18.2 Å². The monoisotopic (exact) mass is 314 g/mol. The fourth-order valence-electron chi connectivity index (χ4n) is 2.54. The molecule has 3 rings (SSSR count). The van der Waals surface area contributed by atoms with Crippen molar-refractivity contribution in [1.82, 2.24) is 15.1 Å². The standard InChI is InChI=1S/C16H18N4O3/c17-15(21)14-9-13(16(22)18-10-12-7-4-8-23-12)19-20(14)11-5-2-1-3-6-11/h1-3,5-6,9,12H,4,7-8,10H2,(H2,17,21)(H,18,22). The first-order chi connectivity index (χ1) is 11.1. The Labute approximate surface area is 133 Å². The highest BCUT2D eigenvalue weighted by Crippen LogP contribution is 2.13. The number of hydrogen-bond acceptors (Lipinski definition) is 4. The molecular weight excluding hydrogens is 296 g/mol. The quantitative estimate of drug-likeness (QED) is 0.855. The summed E-state index contributed by atoms with van der Waals surface area (Å²) in [5.74, 6) is -0.989. The Bertz CT molecular complexity index is 705. The molecule has 120 valence electrons. The zero-order chi connectivity index (χ0) is 16.2. The van der Waals surface area contributed by atoms with Gasteiger partial charge in [0.15, 0.2) is 5.69 Å². The number of primary amides is 1. The lowest BCUT2D eigenvalue weighted by Crippen LogP contribution is -2.32. The lowest BCUT2D eigenvalue weighted by Gasteiger charge is -2.09. The van der Waals surface area contributed by atoms with E-state index in [-0.39, 0.29) is 23.4 Å². The zero-order valence-electron chi connectivity index (χ0n) is 12.6. The molecule has 1 aliphatic heterocycles. The van der Waals surface area contributed by atoms with E-state index in [4.69, 9.17) is 10.5 Å². The first-order valence-electron chi connectivity index (χ1n) is 7.50. The van der Waals surface area contributed by atoms with Gasteiger partial charge in [0.25, 0.3) is 11.8 Å². The number of nitrogens with zero attached hydrogens (tertiary/aromatic N) is 2. The number of aromatic nitrogens is 2. The van der Waals surface area contributed by atoms with E-state index in [1.165, 1.54) is 10.7 Å². The predicted molar refractivity (Wildman–Crippen MR) is 83.4 cm³/mol. The Morgan fingerprint density at radius 2 is 2.13 bits per heavy atom. The SMILES string of the molecule is NC(=O)c1cc(C(=O)NCC2CCCO2)nn1-c1ccccc1. The first kappa shape index (κ1) is 15.2. The summed E-state index contributed by atoms with van der Waals surface area (Å²) in [6, 6.07) is 10.5. The van der Waals surface area contributed by atoms with Crippen molar-refractivity contribution in [3.05, 3.63) is 47.8 Å². The predicted octanol–water partition coefficient (Wildman–Crippen LogP) is 0.880. The molecule has 0 radical (unpaired) electrons. The lowest BCUT2D eigenvalue weighted by atomic mass is 10.2. The summed E-state index contributed by atoms with van der Waals surface area (Å²) in [7, 11) is 0. The Kier molecular flexibility index (Phi) is 4.38. The van der Waals surface area contributed by atoms with Crippen LogP contribution < -0.4 is 11.1 Å². The molecule has 1 aromatic carbocycles. The number of amides is 2. The molecule has 0 bridgehead atoms. The number of nitrogens with two attached hydrogens (primary N) is 1. The third kappa shape index (κ3) is 3.40. The smallest absolute Gasteiger partial charge is 0.271 e. The fraction of sp³-hybridized carbons (Fsp3) is 0.312. The van der Waals surface area contributed by atoms with E-state index >= 15 is 0 Å². The van der Waals surface area contributed by atoms with Gasteiger partial charge in [-0.2, -0.15) is 5.10 Å². The molecule has 1 aliphatic rings. The molecule has 1 fully saturated rings. The summed E-state index contributed by atoms with van der Waals surface area (Å²) in [6.07, 6.45) is 1.99. The van der Waals surface area contributed by atoms with Gasteiger partial charge in [0, 0.05) is 19.2 Å². The van der Waals surface area contributed by atoms with Gasteiger partial charge in [-0.3, -0.25) is 9.59 Å². The van der Waals surface area contributed by atoms with Gasteiger partial charge >= 0.3 is 0 Å². The molecule has 7 nitrogen and oxygen atoms in total. The maximum Gasteiger partial charge on any atom is 0.271 e. The number of carbonyl (C=O) groups excluding carboxylic acids is 2. The fourth-order valence-corrected chi connectivity index (χ4v) is 2.54. The number of benzene rings is 1. The molecule has 1 atom stereocenters. The Morgan fingerprint density at radius 1 is 1.35 bits per heavy atom. The first-order valence-corrected chi connectivity index (χ1v) is 7.50. The number of hydrogen-bond donors (Lipinski definition) is 2. The lowest BCUT2D eigenvalue weighted by molar-refractivity contribution is 0.0853. The maximum absolute atomic E-state index is 12.2. The molecule has 7 heteroatoms. The van der Waals surface area contributed by atoms with Crippen molar-refractivity contribution in [3.8, 4) is 5.69 Å². The molecule has 2 amide bonds. The molecule has 1 aromatic heterocycles. The minimum atomic E-state index is -0.639. The molecule has 1 saturated heterocycles. The van der Waals surface area contributed by atoms with Crippen molar-refractivity contribution in [2.45, 2.75) is 18.9 Å². The number of rotatable bonds is 5. The molecule has 2 aromatic rings. The number of nitrogens with one attached hydrogen (secondary N) is 1. The normalized spacial score (nSPS) is 17.1. The summed E-state index contributed by atoms with van der Waals surface area (Å²) in [5.41, 5.74) is 6.37. The van der Waals surface area contributed by atoms with E-state index in [0.717, 1.165) is 19.4 Å². The highest BCUT2D eigenvalue weighted by Gasteiger charge is 2.20. The van der Waals surface area contributed by atoms with Gasteiger partial charge in [-0.05, 0) is 25.0 Å². The molecule has 2 heterocycles. The molecule has 0 saturated carbocycles. The Morgan fingerprint density at radius 3 is 2.78 bits per heavy atom. The van der Waals surface area contributed by atoms with Crippen LogP contribution in [-0.2, 0) is 4.74 Å². The van der Waals surface area contributed by atoms with E-state index < -0.39 is 5.91 Å². The Hall–Kier alpha value is -2.67. The van der Waals surface area contributed by atoms with Crippen molar-refractivity contribution in [2.24, 2.45) is 5.73 Å². The van der Waals surface area contributed by atoms with Crippen LogP contribution in [0.4, 0.5) is 0 Å². The highest BCUT2D eigenvalue weighted by atomic mass is 16.5. The average molecular weight is 314 g/mol. The second kappa shape index (κ2) is 6.62. The van der Waals surface area contributed by atoms with Crippen LogP contribution in [0.25, 0.3) is 5.69 Å². The second-order valence-corrected chi connectivity index (χ2v) is 5.37. The third-order valence-electron chi connectivity index (χ3n) is 3.71. The van der Waals surface area contributed by atoms with E-state index in [0.29, 0.717) is 12.2 Å². The van der Waals surface area contributed by atoms with Crippen LogP contribution in [0.5, 0.6) is 0 Å². The number of para-hydroxylation sites is 1. The molecular formula is C16H18N4O3. The molecule has 3 N–H and O–H groups in total. The summed E-state index contributed by atoms with van der Waals surface area (Å²) in [5, 5.41) is 6.99. The van der Waals surface area contributed by atoms with Gasteiger partial charge in [0.2, 0.25) is 0 Å². The highest BCUT2D eigenvalue weighted by molar-refractivity contribution is 5.97. The summed E-state index contributed by atoms with van der Waals surface area (Å²) in [4.78, 5) is 23.8. The molecule has 0 aliphatic carbocycles. The van der Waals surface area contributed by atoms with Crippen molar-refractivity contribution in [3.63, 3.8) is 0 Å². The van der Waals surface area contributed by atoms with Crippen LogP contribution in [0, 0.1) is 0 Å². The Balaban J connectivity index is 1.79. The zero-order valence-corrected chi connectivity index (χ0v) is 12.6. The minimum Gasteiger partial charge on any atom is -0.376 e. The van der Waals surface area contributed by atoms with Crippen LogP contribution in [0.2, 0.25) is 0 Å². The van der Waals surface area contributed by atoms with Gasteiger partial charge in [-0.25, -0.2) is 4.68 Å². The topological polar surface area (TPSA) is 99.2 Å². The molecule has 0 spiro atoms. The van der Waals surface area contributed by atoms with Crippen molar-refractivity contribution < 1.29 is 14.3 Å². The molecule has 1 unspecified atom stereocenters. The van der Waals surface area contributed by atoms with Crippen molar-refractivity contribution in [2.75, 3.05) is 13.2 Å². The van der Waals surface area contributed by atoms with Gasteiger partial charge in [0.05, 0.1) is 11.8 Å². The van der Waals surface area contributed by atoms with Crippen LogP contribution >= 0.6 is 0 Å². The second-order valence-electron chi connectivity index (χ2n) is 5.37. The van der Waals surface area contributed by atoms with E-state index in [1.54, 1.807) is 12.1 Å². The maximum atomic E-state index is 12.2. The number of carbonyl (C=O) groups is 2. The average Bonchev–Trinajstić information content (AvgIpc) is 3.23. The van der Waals surface area contributed by atoms with E-state index in [1.807, 2.05) is 18.2 Å². The van der Waals surface area contributed by atoms with Gasteiger partial charge in [-0.15, -0.1) is 0 Å². The van der Waals surface area contributed by atoms with Crippen molar-refractivity contribution >= 4 is 11.8 Å². The van der Waals surface area contributed by atoms with Crippen LogP contribution in [0.1, 0.15) is 33.8 Å². The summed E-state index contributed by atoms with van der Waals surface area (Å²) in [6.45, 7) is 1.16. The number of ether oxygens (including phenoxy) is 1. The van der Waals surface area contributed by atoms with Gasteiger partial charge in [0.1, 0.15) is 5.69 Å². The summed E-state index contributed by atoms with van der Waals surface area (Å²) < 4.78 is 6.84. The third-order valence-corrected chi connectivity index (χ3v) is 3.71. The van der Waals surface area contributed by atoms with E-state index in [9.17, 15) is 9.59 Å². The van der Waals surface area contributed by atoms with Gasteiger partial charge < -0.3 is 15.8 Å². The van der Waals surface area contributed by atoms with Crippen LogP contribution in [0.3, 0.4) is 0 Å². The minimum absolute atomic E-state index is 0.0470. The van der Waals surface area contributed by atoms with Crippen LogP contribution in [-0.4, -0.2) is 40.9 Å². The summed E-state index contributed by atoms with van der Waals surface area (Å²) >= 11 is 0. The largest absolute Gasteiger partial charge is 0.376 e. The van der Waals surface area contributed by atoms with E-state index in [2.05, 4.69) is 10.4 Å². The van der Waals surface area contributed by atoms with Crippen molar-refractivity contribution in [1.29, 1.82) is 0 Å². The molecule has 23 heavy (non-hydrogen) atoms.